The molecule has 0 N–H and O–H groups in total. The van der Waals surface area contributed by atoms with Gasteiger partial charge in [0.1, 0.15) is 11.2 Å². The van der Waals surface area contributed by atoms with Crippen LogP contribution in [-0.4, -0.2) is 0 Å². The molecule has 1 heterocycles. The maximum atomic E-state index is 6.71. The first-order chi connectivity index (χ1) is 26.7. The average Bonchev–Trinajstić information content (AvgIpc) is 3.61. The van der Waals surface area contributed by atoms with Crippen molar-refractivity contribution in [1.29, 1.82) is 0 Å². The highest BCUT2D eigenvalue weighted by molar-refractivity contribution is 6.12. The van der Waals surface area contributed by atoms with E-state index in [1.54, 1.807) is 0 Å². The summed E-state index contributed by atoms with van der Waals surface area (Å²) in [6.45, 7) is 4.06. The third-order valence-corrected chi connectivity index (χ3v) is 10.0. The lowest BCUT2D eigenvalue weighted by molar-refractivity contribution is 0.668. The Kier molecular flexibility index (Phi) is 8.76. The quantitative estimate of drug-likeness (QED) is 0.140. The summed E-state index contributed by atoms with van der Waals surface area (Å²) < 4.78 is 6.71. The molecule has 0 aliphatic rings. The first kappa shape index (κ1) is 32.7. The summed E-state index contributed by atoms with van der Waals surface area (Å²) in [6, 6.07) is 66.6. The number of furan rings is 1. The number of rotatable bonds is 9. The molecule has 0 saturated heterocycles. The number of fused-ring (bicyclic) bond motifs is 4. The molecule has 0 aliphatic carbocycles. The van der Waals surface area contributed by atoms with E-state index in [9.17, 15) is 0 Å². The van der Waals surface area contributed by atoms with E-state index in [-0.39, 0.29) is 0 Å². The van der Waals surface area contributed by atoms with Crippen molar-refractivity contribution in [1.82, 2.24) is 0 Å². The van der Waals surface area contributed by atoms with Crippen molar-refractivity contribution in [2.24, 2.45) is 0 Å². The summed E-state index contributed by atoms with van der Waals surface area (Å²) in [5.74, 6) is 0. The molecular weight excluding hydrogens is 655 g/mol. The number of hydrogen-bond acceptors (Lipinski definition) is 2. The van der Waals surface area contributed by atoms with Crippen molar-refractivity contribution in [2.75, 3.05) is 4.90 Å². The molecule has 8 aromatic carbocycles. The normalized spacial score (nSPS) is 11.8. The third kappa shape index (κ3) is 6.21. The van der Waals surface area contributed by atoms with E-state index in [1.807, 2.05) is 12.2 Å². The molecule has 0 fully saturated rings. The van der Waals surface area contributed by atoms with Gasteiger partial charge in [-0.2, -0.15) is 0 Å². The lowest BCUT2D eigenvalue weighted by Crippen LogP contribution is -2.17. The molecule has 0 unspecified atom stereocenters. The predicted octanol–water partition coefficient (Wildman–Crippen LogP) is 14.7. The Morgan fingerprint density at radius 3 is 1.69 bits per heavy atom. The van der Waals surface area contributed by atoms with Gasteiger partial charge in [-0.1, -0.05) is 183 Å². The molecule has 0 bridgehead atoms. The SMILES string of the molecule is C=C/C=C\C(=C\c1cccc2c1oc1cc3ccccc3cc12)N(c1ccccc1-c1ccccc1)c1ccccc1-c1ccc(-c2ccccc2)cc1. The van der Waals surface area contributed by atoms with Crippen LogP contribution in [0.25, 0.3) is 72.2 Å². The minimum absolute atomic E-state index is 0.855. The lowest BCUT2D eigenvalue weighted by Gasteiger charge is -2.31. The maximum Gasteiger partial charge on any atom is 0.142 e. The third-order valence-electron chi connectivity index (χ3n) is 10.0. The highest BCUT2D eigenvalue weighted by Crippen LogP contribution is 2.44. The zero-order valence-electron chi connectivity index (χ0n) is 29.8. The number of benzene rings is 8. The number of anilines is 2. The van der Waals surface area contributed by atoms with Crippen LogP contribution in [0.4, 0.5) is 11.4 Å². The lowest BCUT2D eigenvalue weighted by atomic mass is 9.97. The molecule has 0 amide bonds. The summed E-state index contributed by atoms with van der Waals surface area (Å²) in [5, 5.41) is 4.55. The minimum atomic E-state index is 0.855. The summed E-state index contributed by atoms with van der Waals surface area (Å²) in [5.41, 5.74) is 12.7. The van der Waals surface area contributed by atoms with Crippen LogP contribution in [0.3, 0.4) is 0 Å². The first-order valence-corrected chi connectivity index (χ1v) is 18.3. The van der Waals surface area contributed by atoms with Crippen molar-refractivity contribution in [2.45, 2.75) is 0 Å². The predicted molar refractivity (Wildman–Crippen MR) is 230 cm³/mol. The number of para-hydroxylation sites is 3. The molecule has 0 saturated carbocycles. The van der Waals surface area contributed by atoms with E-state index in [2.05, 4.69) is 212 Å². The highest BCUT2D eigenvalue weighted by Gasteiger charge is 2.22. The number of allylic oxidation sites excluding steroid dienone is 3. The summed E-state index contributed by atoms with van der Waals surface area (Å²) in [6.07, 6.45) is 8.21. The van der Waals surface area contributed by atoms with Gasteiger partial charge >= 0.3 is 0 Å². The van der Waals surface area contributed by atoms with Crippen LogP contribution in [0.2, 0.25) is 0 Å². The maximum absolute atomic E-state index is 6.71. The van der Waals surface area contributed by atoms with Gasteiger partial charge in [0.25, 0.3) is 0 Å². The van der Waals surface area contributed by atoms with Crippen molar-refractivity contribution >= 4 is 50.2 Å². The van der Waals surface area contributed by atoms with Gasteiger partial charge in [-0.3, -0.25) is 0 Å². The summed E-state index contributed by atoms with van der Waals surface area (Å²) in [4.78, 5) is 2.37. The summed E-state index contributed by atoms with van der Waals surface area (Å²) in [7, 11) is 0. The van der Waals surface area contributed by atoms with Crippen molar-refractivity contribution in [3.63, 3.8) is 0 Å². The van der Waals surface area contributed by atoms with Gasteiger partial charge in [-0.15, -0.1) is 0 Å². The van der Waals surface area contributed by atoms with Gasteiger partial charge in [0.15, 0.2) is 0 Å². The molecule has 0 spiro atoms. The minimum Gasteiger partial charge on any atom is -0.455 e. The molecule has 0 aliphatic heterocycles. The Labute approximate surface area is 315 Å². The van der Waals surface area contributed by atoms with Gasteiger partial charge in [0.05, 0.1) is 11.4 Å². The topological polar surface area (TPSA) is 16.4 Å². The molecule has 9 aromatic rings. The van der Waals surface area contributed by atoms with Gasteiger partial charge < -0.3 is 9.32 Å². The van der Waals surface area contributed by atoms with E-state index in [1.165, 1.54) is 16.5 Å². The van der Waals surface area contributed by atoms with Gasteiger partial charge in [-0.25, -0.2) is 0 Å². The standard InChI is InChI=1S/C52H37NO/c1-2-3-24-44(34-43-23-16-27-47-48-35-41-21-10-11-22-42(41)36-51(48)54-52(43)47)53(49-28-14-12-25-45(49)39-19-8-5-9-20-39)50-29-15-13-26-46(50)40-32-30-38(31-33-40)37-17-6-4-7-18-37/h2-36H,1H2/b24-3-,44-34-. The molecule has 2 heteroatoms. The zero-order chi connectivity index (χ0) is 36.3. The Bertz CT molecular complexity index is 2820. The van der Waals surface area contributed by atoms with Crippen LogP contribution in [0.1, 0.15) is 5.56 Å². The fourth-order valence-corrected chi connectivity index (χ4v) is 7.46. The van der Waals surface area contributed by atoms with E-state index >= 15 is 0 Å². The molecule has 256 valence electrons. The summed E-state index contributed by atoms with van der Waals surface area (Å²) >= 11 is 0. The van der Waals surface area contributed by atoms with Crippen LogP contribution in [0, 0.1) is 0 Å². The molecule has 0 radical (unpaired) electrons. The largest absolute Gasteiger partial charge is 0.455 e. The first-order valence-electron chi connectivity index (χ1n) is 18.3. The zero-order valence-corrected chi connectivity index (χ0v) is 29.8. The second kappa shape index (κ2) is 14.5. The molecule has 9 rings (SSSR count). The van der Waals surface area contributed by atoms with Crippen LogP contribution < -0.4 is 4.90 Å². The second-order valence-corrected chi connectivity index (χ2v) is 13.4. The van der Waals surface area contributed by atoms with Crippen LogP contribution >= 0.6 is 0 Å². The van der Waals surface area contributed by atoms with E-state index < -0.39 is 0 Å². The average molecular weight is 692 g/mol. The molecular formula is C52H37NO. The monoisotopic (exact) mass is 691 g/mol. The van der Waals surface area contributed by atoms with E-state index in [0.29, 0.717) is 0 Å². The highest BCUT2D eigenvalue weighted by atomic mass is 16.3. The number of nitrogens with zero attached hydrogens (tertiary/aromatic N) is 1. The number of hydrogen-bond donors (Lipinski definition) is 0. The van der Waals surface area contributed by atoms with Crippen molar-refractivity contribution in [3.05, 3.63) is 224 Å². The Morgan fingerprint density at radius 2 is 1.02 bits per heavy atom. The van der Waals surface area contributed by atoms with Gasteiger partial charge in [0, 0.05) is 33.2 Å². The fraction of sp³-hybridized carbons (Fsp3) is 0. The molecule has 0 atom stereocenters. The second-order valence-electron chi connectivity index (χ2n) is 13.4. The van der Waals surface area contributed by atoms with Crippen molar-refractivity contribution in [3.8, 4) is 33.4 Å². The van der Waals surface area contributed by atoms with Crippen LogP contribution in [0.5, 0.6) is 0 Å². The van der Waals surface area contributed by atoms with E-state index in [0.717, 1.165) is 72.2 Å². The Hall–Kier alpha value is -7.16. The van der Waals surface area contributed by atoms with Crippen molar-refractivity contribution < 1.29 is 4.42 Å². The Morgan fingerprint density at radius 1 is 0.481 bits per heavy atom. The van der Waals surface area contributed by atoms with E-state index in [4.69, 9.17) is 4.42 Å². The van der Waals surface area contributed by atoms with Crippen LogP contribution in [0.15, 0.2) is 223 Å². The van der Waals surface area contributed by atoms with Gasteiger partial charge in [0.2, 0.25) is 0 Å². The fourth-order valence-electron chi connectivity index (χ4n) is 7.46. The van der Waals surface area contributed by atoms with Crippen LogP contribution in [-0.2, 0) is 0 Å². The molecule has 54 heavy (non-hydrogen) atoms. The Balaban J connectivity index is 1.28. The molecule has 2 nitrogen and oxygen atoms in total. The smallest absolute Gasteiger partial charge is 0.142 e. The molecule has 1 aromatic heterocycles. The van der Waals surface area contributed by atoms with Gasteiger partial charge in [-0.05, 0) is 69.4 Å².